The maximum absolute atomic E-state index is 5.88. The Hall–Kier alpha value is -0.670. The van der Waals surface area contributed by atoms with Crippen LogP contribution in [0, 0.1) is 6.92 Å². The second-order valence-corrected chi connectivity index (χ2v) is 4.66. The van der Waals surface area contributed by atoms with Crippen molar-refractivity contribution in [1.82, 2.24) is 0 Å². The highest BCUT2D eigenvalue weighted by Gasteiger charge is 2.07. The average molecular weight is 225 g/mol. The van der Waals surface area contributed by atoms with Crippen molar-refractivity contribution in [1.29, 1.82) is 0 Å². The molecule has 0 spiro atoms. The normalized spacial score (nSPS) is 12.5. The number of nitrogens with two attached hydrogens (primary N) is 1. The first-order chi connectivity index (χ1) is 7.15. The third-order valence-electron chi connectivity index (χ3n) is 2.20. The van der Waals surface area contributed by atoms with Crippen molar-refractivity contribution in [3.8, 4) is 5.75 Å². The molecular formula is C12H19NOS. The number of thioether (sulfide) groups is 1. The largest absolute Gasteiger partial charge is 0.492 e. The summed E-state index contributed by atoms with van der Waals surface area (Å²) >= 11 is 1.78. The minimum atomic E-state index is 0.0230. The van der Waals surface area contributed by atoms with Gasteiger partial charge in [-0.15, -0.1) is 0 Å². The molecule has 0 aliphatic heterocycles. The molecule has 0 saturated heterocycles. The Morgan fingerprint density at radius 3 is 2.80 bits per heavy atom. The van der Waals surface area contributed by atoms with Crippen LogP contribution in [0.15, 0.2) is 18.2 Å². The van der Waals surface area contributed by atoms with Gasteiger partial charge in [-0.2, -0.15) is 11.8 Å². The van der Waals surface area contributed by atoms with Crippen molar-refractivity contribution in [3.63, 3.8) is 0 Å². The molecule has 15 heavy (non-hydrogen) atoms. The molecule has 1 rings (SSSR count). The molecule has 2 N–H and O–H groups in total. The maximum atomic E-state index is 5.88. The second kappa shape index (κ2) is 6.03. The molecule has 1 atom stereocenters. The maximum Gasteiger partial charge on any atom is 0.124 e. The van der Waals surface area contributed by atoms with E-state index in [-0.39, 0.29) is 6.04 Å². The van der Waals surface area contributed by atoms with Gasteiger partial charge in [0.15, 0.2) is 0 Å². The summed E-state index contributed by atoms with van der Waals surface area (Å²) in [5.74, 6) is 1.94. The minimum Gasteiger partial charge on any atom is -0.492 e. The minimum absolute atomic E-state index is 0.0230. The number of aryl methyl sites for hydroxylation is 1. The van der Waals surface area contributed by atoms with Gasteiger partial charge in [-0.25, -0.2) is 0 Å². The van der Waals surface area contributed by atoms with Crippen LogP contribution < -0.4 is 10.5 Å². The van der Waals surface area contributed by atoms with Crippen LogP contribution >= 0.6 is 11.8 Å². The van der Waals surface area contributed by atoms with E-state index >= 15 is 0 Å². The lowest BCUT2D eigenvalue weighted by atomic mass is 10.1. The quantitative estimate of drug-likeness (QED) is 0.783. The van der Waals surface area contributed by atoms with Gasteiger partial charge in [0.25, 0.3) is 0 Å². The highest BCUT2D eigenvalue weighted by Crippen LogP contribution is 2.25. The highest BCUT2D eigenvalue weighted by atomic mass is 32.2. The van der Waals surface area contributed by atoms with Crippen LogP contribution in [-0.4, -0.2) is 18.6 Å². The molecule has 1 aromatic carbocycles. The van der Waals surface area contributed by atoms with E-state index in [1.807, 2.05) is 6.92 Å². The van der Waals surface area contributed by atoms with Gasteiger partial charge < -0.3 is 10.5 Å². The third-order valence-corrected chi connectivity index (χ3v) is 2.78. The van der Waals surface area contributed by atoms with Crippen LogP contribution in [0.2, 0.25) is 0 Å². The number of hydrogen-bond donors (Lipinski definition) is 1. The molecule has 1 unspecified atom stereocenters. The number of hydrogen-bond acceptors (Lipinski definition) is 3. The molecule has 3 heteroatoms. The molecule has 0 saturated carbocycles. The summed E-state index contributed by atoms with van der Waals surface area (Å²) in [5.41, 5.74) is 8.18. The van der Waals surface area contributed by atoms with Crippen molar-refractivity contribution >= 4 is 11.8 Å². The fourth-order valence-electron chi connectivity index (χ4n) is 1.38. The Balaban J connectivity index is 2.77. The van der Waals surface area contributed by atoms with Gasteiger partial charge in [0.05, 0.1) is 6.61 Å². The number of rotatable bonds is 5. The lowest BCUT2D eigenvalue weighted by Gasteiger charge is -2.14. The van der Waals surface area contributed by atoms with Crippen LogP contribution in [0.5, 0.6) is 5.75 Å². The predicted octanol–water partition coefficient (Wildman–Crippen LogP) is 2.76. The van der Waals surface area contributed by atoms with Gasteiger partial charge >= 0.3 is 0 Å². The van der Waals surface area contributed by atoms with Gasteiger partial charge in [-0.1, -0.05) is 12.1 Å². The first-order valence-electron chi connectivity index (χ1n) is 5.13. The second-order valence-electron chi connectivity index (χ2n) is 3.67. The molecule has 1 aromatic rings. The number of ether oxygens (including phenoxy) is 1. The fraction of sp³-hybridized carbons (Fsp3) is 0.500. The van der Waals surface area contributed by atoms with Crippen molar-refractivity contribution in [3.05, 3.63) is 29.3 Å². The Bertz CT molecular complexity index is 312. The van der Waals surface area contributed by atoms with E-state index in [0.29, 0.717) is 0 Å². The predicted molar refractivity (Wildman–Crippen MR) is 67.7 cm³/mol. The summed E-state index contributed by atoms with van der Waals surface area (Å²) in [5, 5.41) is 0. The van der Waals surface area contributed by atoms with Crippen LogP contribution in [0.25, 0.3) is 0 Å². The summed E-state index contributed by atoms with van der Waals surface area (Å²) < 4.78 is 5.72. The van der Waals surface area contributed by atoms with Crippen LogP contribution in [0.1, 0.15) is 24.1 Å². The van der Waals surface area contributed by atoms with E-state index in [9.17, 15) is 0 Å². The zero-order valence-corrected chi connectivity index (χ0v) is 10.4. The summed E-state index contributed by atoms with van der Waals surface area (Å²) in [6, 6.07) is 6.20. The van der Waals surface area contributed by atoms with Crippen molar-refractivity contribution in [2.75, 3.05) is 18.6 Å². The molecule has 0 aromatic heterocycles. The topological polar surface area (TPSA) is 35.2 Å². The molecule has 0 aliphatic carbocycles. The smallest absolute Gasteiger partial charge is 0.124 e. The van der Waals surface area contributed by atoms with Crippen LogP contribution in [-0.2, 0) is 0 Å². The Labute approximate surface area is 96.2 Å². The summed E-state index contributed by atoms with van der Waals surface area (Å²) in [4.78, 5) is 0. The summed E-state index contributed by atoms with van der Waals surface area (Å²) in [6.07, 6.45) is 2.08. The number of benzene rings is 1. The molecule has 0 heterocycles. The van der Waals surface area contributed by atoms with Crippen molar-refractivity contribution in [2.45, 2.75) is 19.9 Å². The van der Waals surface area contributed by atoms with Gasteiger partial charge in [-0.3, -0.25) is 0 Å². The summed E-state index contributed by atoms with van der Waals surface area (Å²) in [6.45, 7) is 4.78. The Morgan fingerprint density at radius 2 is 2.20 bits per heavy atom. The first-order valence-corrected chi connectivity index (χ1v) is 6.52. The lowest BCUT2D eigenvalue weighted by molar-refractivity contribution is 0.338. The fourth-order valence-corrected chi connectivity index (χ4v) is 1.63. The standard InChI is InChI=1S/C12H19NOS/c1-9-4-5-11(10(2)13)12(8-9)14-6-7-15-3/h4-5,8,10H,6-7,13H2,1-3H3. The van der Waals surface area contributed by atoms with Crippen LogP contribution in [0.3, 0.4) is 0 Å². The highest BCUT2D eigenvalue weighted by molar-refractivity contribution is 7.98. The van der Waals surface area contributed by atoms with E-state index in [1.54, 1.807) is 11.8 Å². The molecule has 0 aliphatic rings. The third kappa shape index (κ3) is 3.76. The molecule has 0 bridgehead atoms. The SMILES string of the molecule is CSCCOc1cc(C)ccc1C(C)N. The Morgan fingerprint density at radius 1 is 1.47 bits per heavy atom. The molecule has 84 valence electrons. The average Bonchev–Trinajstić information content (AvgIpc) is 2.18. The zero-order valence-electron chi connectivity index (χ0n) is 9.62. The van der Waals surface area contributed by atoms with E-state index in [4.69, 9.17) is 10.5 Å². The van der Waals surface area contributed by atoms with Gasteiger partial charge in [0, 0.05) is 17.4 Å². The first kappa shape index (κ1) is 12.4. The molecular weight excluding hydrogens is 206 g/mol. The van der Waals surface area contributed by atoms with E-state index < -0.39 is 0 Å². The van der Waals surface area contributed by atoms with E-state index in [2.05, 4.69) is 31.4 Å². The van der Waals surface area contributed by atoms with Crippen molar-refractivity contribution in [2.24, 2.45) is 5.73 Å². The monoisotopic (exact) mass is 225 g/mol. The van der Waals surface area contributed by atoms with Gasteiger partial charge in [-0.05, 0) is 31.7 Å². The van der Waals surface area contributed by atoms with Crippen molar-refractivity contribution < 1.29 is 4.74 Å². The molecule has 0 amide bonds. The zero-order chi connectivity index (χ0) is 11.3. The lowest BCUT2D eigenvalue weighted by Crippen LogP contribution is -2.09. The van der Waals surface area contributed by atoms with Gasteiger partial charge in [0.1, 0.15) is 5.75 Å². The van der Waals surface area contributed by atoms with E-state index in [0.717, 1.165) is 23.7 Å². The Kier molecular flexibility index (Phi) is 4.99. The molecule has 0 fully saturated rings. The molecule has 0 radical (unpaired) electrons. The molecule has 2 nitrogen and oxygen atoms in total. The van der Waals surface area contributed by atoms with E-state index in [1.165, 1.54) is 5.56 Å². The summed E-state index contributed by atoms with van der Waals surface area (Å²) in [7, 11) is 0. The van der Waals surface area contributed by atoms with Gasteiger partial charge in [0.2, 0.25) is 0 Å². The van der Waals surface area contributed by atoms with Crippen LogP contribution in [0.4, 0.5) is 0 Å².